The van der Waals surface area contributed by atoms with Gasteiger partial charge in [0.05, 0.1) is 28.3 Å². The highest BCUT2D eigenvalue weighted by Crippen LogP contribution is 2.37. The van der Waals surface area contributed by atoms with Crippen molar-refractivity contribution in [2.24, 2.45) is 7.05 Å². The van der Waals surface area contributed by atoms with E-state index >= 15 is 0 Å². The second-order valence-electron chi connectivity index (χ2n) is 9.01. The summed E-state index contributed by atoms with van der Waals surface area (Å²) in [5.41, 5.74) is 3.53. The van der Waals surface area contributed by atoms with E-state index in [2.05, 4.69) is 14.8 Å². The Balaban J connectivity index is 1.82. The average molecular weight is 507 g/mol. The molecule has 36 heavy (non-hydrogen) atoms. The molecule has 0 bridgehead atoms. The first kappa shape index (κ1) is 24.1. The second kappa shape index (κ2) is 9.44. The van der Waals surface area contributed by atoms with E-state index in [1.807, 2.05) is 31.3 Å². The lowest BCUT2D eigenvalue weighted by Crippen LogP contribution is -2.29. The topological polar surface area (TPSA) is 93.0 Å². The van der Waals surface area contributed by atoms with Crippen LogP contribution in [0.2, 0.25) is 0 Å². The average Bonchev–Trinajstić information content (AvgIpc) is 3.71. The van der Waals surface area contributed by atoms with E-state index in [4.69, 9.17) is 5.10 Å². The van der Waals surface area contributed by atoms with Crippen LogP contribution < -0.4 is 25.9 Å². The third-order valence-corrected chi connectivity index (χ3v) is 6.90. The van der Waals surface area contributed by atoms with Crippen molar-refractivity contribution in [3.8, 4) is 11.3 Å². The van der Waals surface area contributed by atoms with E-state index in [1.165, 1.54) is 27.4 Å². The van der Waals surface area contributed by atoms with Gasteiger partial charge in [0.15, 0.2) is 0 Å². The van der Waals surface area contributed by atoms with Crippen LogP contribution in [0.5, 0.6) is 0 Å². The molecule has 2 heterocycles. The van der Waals surface area contributed by atoms with Gasteiger partial charge in [0.2, 0.25) is 0 Å². The summed E-state index contributed by atoms with van der Waals surface area (Å²) < 4.78 is 23.9. The fourth-order valence-electron chi connectivity index (χ4n) is 4.35. The number of hydrogen-bond acceptors (Lipinski definition) is 7. The highest BCUT2D eigenvalue weighted by molar-refractivity contribution is 7.98. The molecule has 2 aromatic heterocycles. The molecule has 186 valence electrons. The van der Waals surface area contributed by atoms with Gasteiger partial charge in [-0.2, -0.15) is 5.10 Å². The summed E-state index contributed by atoms with van der Waals surface area (Å²) >= 11 is 1.33. The highest BCUT2D eigenvalue weighted by Gasteiger charge is 2.30. The number of anilines is 3. The lowest BCUT2D eigenvalue weighted by atomic mass is 10.0. The van der Waals surface area contributed by atoms with Gasteiger partial charge in [-0.15, -0.1) is 0 Å². The molecule has 0 atom stereocenters. The smallest absolute Gasteiger partial charge is 0.278 e. The number of hydrogen-bond donors (Lipinski definition) is 3. The van der Waals surface area contributed by atoms with E-state index in [0.717, 1.165) is 29.7 Å². The van der Waals surface area contributed by atoms with E-state index in [-0.39, 0.29) is 22.8 Å². The van der Waals surface area contributed by atoms with Gasteiger partial charge in [0.1, 0.15) is 11.5 Å². The van der Waals surface area contributed by atoms with Crippen LogP contribution in [-0.2, 0) is 7.05 Å². The Morgan fingerprint density at radius 1 is 1.08 bits per heavy atom. The zero-order valence-corrected chi connectivity index (χ0v) is 21.3. The number of fused-ring (bicyclic) bond motifs is 1. The first-order valence-electron chi connectivity index (χ1n) is 11.7. The van der Waals surface area contributed by atoms with Gasteiger partial charge in [-0.1, -0.05) is 18.2 Å². The molecule has 10 heteroatoms. The van der Waals surface area contributed by atoms with Gasteiger partial charge < -0.3 is 14.6 Å². The van der Waals surface area contributed by atoms with Crippen LogP contribution in [0.4, 0.5) is 21.5 Å². The number of pyridine rings is 1. The summed E-state index contributed by atoms with van der Waals surface area (Å²) in [6, 6.07) is 12.4. The molecule has 0 radical (unpaired) electrons. The maximum Gasteiger partial charge on any atom is 0.278 e. The van der Waals surface area contributed by atoms with Crippen molar-refractivity contribution in [3.05, 3.63) is 80.1 Å². The summed E-state index contributed by atoms with van der Waals surface area (Å²) in [5.74, 6) is -0.458. The van der Waals surface area contributed by atoms with Crippen molar-refractivity contribution in [2.75, 3.05) is 17.1 Å². The number of aryl methyl sites for hydroxylation is 2. The van der Waals surface area contributed by atoms with Crippen molar-refractivity contribution in [2.45, 2.75) is 32.7 Å². The molecule has 1 fully saturated rings. The number of rotatable bonds is 7. The Bertz CT molecular complexity index is 1610. The standard InChI is InChI=1S/C26H27FN6O2S/c1-14-8-11-20(19(27)12-14)29-22-15(2)25(34)32(4)24-21(22)26(35)33(18-9-10-18)30-23(24)16-6-5-7-17(13-16)31-36-28-3/h5-8,11-13,18,28-29,31H,9-10H2,1-4H3. The van der Waals surface area contributed by atoms with Crippen LogP contribution in [-0.4, -0.2) is 21.4 Å². The Morgan fingerprint density at radius 3 is 2.56 bits per heavy atom. The van der Waals surface area contributed by atoms with E-state index in [9.17, 15) is 14.0 Å². The molecule has 0 spiro atoms. The van der Waals surface area contributed by atoms with Crippen molar-refractivity contribution in [1.82, 2.24) is 19.1 Å². The molecule has 1 aliphatic carbocycles. The number of benzene rings is 2. The van der Waals surface area contributed by atoms with Crippen molar-refractivity contribution >= 4 is 40.1 Å². The highest BCUT2D eigenvalue weighted by atomic mass is 32.2. The molecule has 1 saturated carbocycles. The summed E-state index contributed by atoms with van der Waals surface area (Å²) in [7, 11) is 3.45. The Hall–Kier alpha value is -3.63. The lowest BCUT2D eigenvalue weighted by Gasteiger charge is -2.19. The summed E-state index contributed by atoms with van der Waals surface area (Å²) in [6.45, 7) is 3.45. The van der Waals surface area contributed by atoms with E-state index in [0.29, 0.717) is 27.8 Å². The molecular formula is C26H27FN6O2S. The lowest BCUT2D eigenvalue weighted by molar-refractivity contribution is 0.607. The molecule has 0 unspecified atom stereocenters. The van der Waals surface area contributed by atoms with Gasteiger partial charge >= 0.3 is 0 Å². The minimum absolute atomic E-state index is 0.00306. The molecule has 8 nitrogen and oxygen atoms in total. The summed E-state index contributed by atoms with van der Waals surface area (Å²) in [4.78, 5) is 27.1. The zero-order valence-electron chi connectivity index (χ0n) is 20.5. The SMILES string of the molecule is CNSNc1cccc(-c2nn(C3CC3)c(=O)c3c(Nc4ccc(C)cc4F)c(C)c(=O)n(C)c23)c1. The Labute approximate surface area is 211 Å². The van der Waals surface area contributed by atoms with Gasteiger partial charge in [0.25, 0.3) is 11.1 Å². The summed E-state index contributed by atoms with van der Waals surface area (Å²) in [6.07, 6.45) is 1.72. The number of halogens is 1. The molecule has 0 aliphatic heterocycles. The quantitative estimate of drug-likeness (QED) is 0.310. The largest absolute Gasteiger partial charge is 0.352 e. The Morgan fingerprint density at radius 2 is 1.86 bits per heavy atom. The van der Waals surface area contributed by atoms with Crippen LogP contribution in [0, 0.1) is 19.7 Å². The monoisotopic (exact) mass is 506 g/mol. The van der Waals surface area contributed by atoms with Crippen LogP contribution in [0.3, 0.4) is 0 Å². The normalized spacial score (nSPS) is 13.2. The summed E-state index contributed by atoms with van der Waals surface area (Å²) in [5, 5.41) is 8.14. The fraction of sp³-hybridized carbons (Fsp3) is 0.269. The maximum absolute atomic E-state index is 14.8. The first-order valence-corrected chi connectivity index (χ1v) is 12.5. The number of nitrogens with zero attached hydrogens (tertiary/aromatic N) is 3. The van der Waals surface area contributed by atoms with Crippen LogP contribution in [0.25, 0.3) is 22.2 Å². The number of nitrogens with one attached hydrogen (secondary N) is 3. The molecular weight excluding hydrogens is 479 g/mol. The van der Waals surface area contributed by atoms with Crippen molar-refractivity contribution < 1.29 is 4.39 Å². The van der Waals surface area contributed by atoms with Crippen LogP contribution in [0.15, 0.2) is 52.1 Å². The first-order chi connectivity index (χ1) is 17.3. The van der Waals surface area contributed by atoms with Crippen molar-refractivity contribution in [3.63, 3.8) is 0 Å². The third kappa shape index (κ3) is 4.27. The van der Waals surface area contributed by atoms with Crippen LogP contribution >= 0.6 is 12.1 Å². The molecule has 0 amide bonds. The maximum atomic E-state index is 14.8. The molecule has 3 N–H and O–H groups in total. The Kier molecular flexibility index (Phi) is 6.31. The fourth-order valence-corrected chi connectivity index (χ4v) is 4.69. The number of aromatic nitrogens is 3. The molecule has 4 aromatic rings. The predicted molar refractivity (Wildman–Crippen MR) is 144 cm³/mol. The van der Waals surface area contributed by atoms with Crippen LogP contribution in [0.1, 0.15) is 30.0 Å². The molecule has 0 saturated heterocycles. The van der Waals surface area contributed by atoms with E-state index in [1.54, 1.807) is 33.0 Å². The minimum Gasteiger partial charge on any atom is -0.352 e. The third-order valence-electron chi connectivity index (χ3n) is 6.36. The van der Waals surface area contributed by atoms with Gasteiger partial charge in [-0.3, -0.25) is 9.59 Å². The predicted octanol–water partition coefficient (Wildman–Crippen LogP) is 4.79. The molecule has 2 aromatic carbocycles. The van der Waals surface area contributed by atoms with Gasteiger partial charge in [-0.05, 0) is 63.6 Å². The molecule has 5 rings (SSSR count). The van der Waals surface area contributed by atoms with Gasteiger partial charge in [-0.25, -0.2) is 13.8 Å². The van der Waals surface area contributed by atoms with Gasteiger partial charge in [0, 0.05) is 36.0 Å². The van der Waals surface area contributed by atoms with Crippen molar-refractivity contribution in [1.29, 1.82) is 0 Å². The molecule has 1 aliphatic rings. The second-order valence-corrected chi connectivity index (χ2v) is 9.83. The van der Waals surface area contributed by atoms with E-state index < -0.39 is 5.82 Å². The zero-order chi connectivity index (χ0) is 25.6. The minimum atomic E-state index is -0.458.